The highest BCUT2D eigenvalue weighted by molar-refractivity contribution is 5.92. The first kappa shape index (κ1) is 20.5. The van der Waals surface area contributed by atoms with E-state index in [1.165, 1.54) is 18.2 Å². The van der Waals surface area contributed by atoms with E-state index in [0.29, 0.717) is 0 Å². The van der Waals surface area contributed by atoms with Gasteiger partial charge in [-0.2, -0.15) is 0 Å². The number of hydrogen-bond acceptors (Lipinski definition) is 10. The number of carbonyl (C=O) groups is 1. The fourth-order valence-electron chi connectivity index (χ4n) is 3.15. The maximum atomic E-state index is 12.7. The maximum absolute atomic E-state index is 12.7. The smallest absolute Gasteiger partial charge is 0.343 e. The first-order valence-corrected chi connectivity index (χ1v) is 9.09. The van der Waals surface area contributed by atoms with Crippen LogP contribution in [0, 0.1) is 0 Å². The largest absolute Gasteiger partial charge is 0.508 e. The van der Waals surface area contributed by atoms with Crippen molar-refractivity contribution >= 4 is 11.7 Å². The van der Waals surface area contributed by atoms with Gasteiger partial charge in [0.1, 0.15) is 17.2 Å². The Bertz CT molecular complexity index is 1270. The predicted octanol–water partition coefficient (Wildman–Crippen LogP) is 2.79. The molecule has 0 unspecified atom stereocenters. The van der Waals surface area contributed by atoms with Crippen molar-refractivity contribution in [1.82, 2.24) is 0 Å². The Morgan fingerprint density at radius 1 is 0.781 bits per heavy atom. The number of rotatable bonds is 3. The van der Waals surface area contributed by atoms with Crippen LogP contribution in [0.3, 0.4) is 0 Å². The van der Waals surface area contributed by atoms with Crippen LogP contribution in [-0.2, 0) is 11.2 Å². The van der Waals surface area contributed by atoms with Crippen LogP contribution >= 0.6 is 0 Å². The molecule has 3 aromatic carbocycles. The normalized spacial score (nSPS) is 12.8. The lowest BCUT2D eigenvalue weighted by Gasteiger charge is -2.24. The van der Waals surface area contributed by atoms with Gasteiger partial charge in [0, 0.05) is 29.7 Å². The summed E-state index contributed by atoms with van der Waals surface area (Å²) in [6.45, 7) is 0. The van der Waals surface area contributed by atoms with E-state index in [4.69, 9.17) is 9.47 Å². The molecule has 0 fully saturated rings. The number of esters is 1. The van der Waals surface area contributed by atoms with Gasteiger partial charge >= 0.3 is 5.97 Å². The van der Waals surface area contributed by atoms with Gasteiger partial charge in [-0.25, -0.2) is 4.79 Å². The minimum Gasteiger partial charge on any atom is -0.508 e. The number of hydrogen-bond donors (Lipinski definition) is 7. The quantitative estimate of drug-likeness (QED) is 0.237. The average Bonchev–Trinajstić information content (AvgIpc) is 2.73. The predicted molar refractivity (Wildman–Crippen MR) is 108 cm³/mol. The summed E-state index contributed by atoms with van der Waals surface area (Å²) in [6.07, 6.45) is -0.166. The molecule has 164 valence electrons. The number of aromatic hydroxyl groups is 7. The second kappa shape index (κ2) is 7.51. The number of carbonyl (C=O) groups excluding carboxylic acids is 1. The van der Waals surface area contributed by atoms with E-state index in [-0.39, 0.29) is 51.9 Å². The Balaban J connectivity index is 1.79. The van der Waals surface area contributed by atoms with Gasteiger partial charge in [-0.05, 0) is 30.3 Å². The van der Waals surface area contributed by atoms with Gasteiger partial charge < -0.3 is 45.2 Å². The van der Waals surface area contributed by atoms with E-state index in [9.17, 15) is 40.5 Å². The van der Waals surface area contributed by atoms with Gasteiger partial charge in [0.25, 0.3) is 0 Å². The Labute approximate surface area is 179 Å². The van der Waals surface area contributed by atoms with Crippen LogP contribution in [-0.4, -0.2) is 41.7 Å². The Morgan fingerprint density at radius 3 is 2.12 bits per heavy atom. The molecule has 10 nitrogen and oxygen atoms in total. The van der Waals surface area contributed by atoms with Gasteiger partial charge in [-0.3, -0.25) is 0 Å². The van der Waals surface area contributed by atoms with E-state index >= 15 is 0 Å². The zero-order valence-corrected chi connectivity index (χ0v) is 16.1. The summed E-state index contributed by atoms with van der Waals surface area (Å²) in [5.74, 6) is -4.87. The first-order chi connectivity index (χ1) is 15.1. The fraction of sp³-hybridized carbons (Fsp3) is 0.0455. The van der Waals surface area contributed by atoms with Crippen molar-refractivity contribution in [2.45, 2.75) is 6.42 Å². The van der Waals surface area contributed by atoms with Crippen molar-refractivity contribution in [3.05, 3.63) is 64.9 Å². The van der Waals surface area contributed by atoms with Crippen LogP contribution in [0.15, 0.2) is 48.2 Å². The lowest BCUT2D eigenvalue weighted by Crippen LogP contribution is -2.15. The molecule has 7 N–H and O–H groups in total. The molecule has 0 radical (unpaired) electrons. The zero-order valence-electron chi connectivity index (χ0n) is 16.1. The number of allylic oxidation sites excluding steroid dienone is 1. The third-order valence-electron chi connectivity index (χ3n) is 4.73. The molecule has 3 aromatic rings. The third kappa shape index (κ3) is 3.60. The number of phenolic OH excluding ortho intramolecular Hbond substituents is 7. The van der Waals surface area contributed by atoms with Crippen molar-refractivity contribution in [3.63, 3.8) is 0 Å². The van der Waals surface area contributed by atoms with E-state index in [1.807, 2.05) is 0 Å². The van der Waals surface area contributed by atoms with Crippen LogP contribution in [0.2, 0.25) is 0 Å². The van der Waals surface area contributed by atoms with Crippen molar-refractivity contribution in [2.75, 3.05) is 0 Å². The Hall–Kier alpha value is -4.73. The number of fused-ring (bicyclic) bond motifs is 1. The highest BCUT2D eigenvalue weighted by Gasteiger charge is 2.28. The van der Waals surface area contributed by atoms with Crippen molar-refractivity contribution in [2.24, 2.45) is 0 Å². The average molecular weight is 440 g/mol. The summed E-state index contributed by atoms with van der Waals surface area (Å²) in [5.41, 5.74) is 0.112. The minimum absolute atomic E-state index is 0.0571. The monoisotopic (exact) mass is 440 g/mol. The lowest BCUT2D eigenvalue weighted by molar-refractivity contribution is 0.0609. The summed E-state index contributed by atoms with van der Waals surface area (Å²) in [4.78, 5) is 12.7. The number of benzene rings is 3. The molecule has 0 amide bonds. The molecule has 0 saturated heterocycles. The molecule has 0 saturated carbocycles. The number of ether oxygens (including phenoxy) is 2. The molecule has 1 aliphatic rings. The van der Waals surface area contributed by atoms with Gasteiger partial charge in [0.15, 0.2) is 40.3 Å². The van der Waals surface area contributed by atoms with Crippen LogP contribution < -0.4 is 4.74 Å². The summed E-state index contributed by atoms with van der Waals surface area (Å²) in [6, 6.07) is 7.81. The molecule has 0 bridgehead atoms. The molecule has 32 heavy (non-hydrogen) atoms. The fourth-order valence-corrected chi connectivity index (χ4v) is 3.15. The van der Waals surface area contributed by atoms with Crippen LogP contribution in [0.4, 0.5) is 0 Å². The summed E-state index contributed by atoms with van der Waals surface area (Å²) < 4.78 is 11.1. The lowest BCUT2D eigenvalue weighted by atomic mass is 10.0. The van der Waals surface area contributed by atoms with Gasteiger partial charge in [-0.1, -0.05) is 0 Å². The molecule has 4 rings (SSSR count). The Kier molecular flexibility index (Phi) is 4.82. The number of phenols is 7. The van der Waals surface area contributed by atoms with E-state index in [0.717, 1.165) is 24.3 Å². The standard InChI is InChI=1S/C22H16O10/c23-11-6-14(25)12-8-19(32-22(30)10-4-16(27)20(29)17(28)5-10)21(31-18(12)7-11)9-1-2-13(24)15(26)3-9/h1-7,23-29H,8H2. The molecular formula is C22H16O10. The summed E-state index contributed by atoms with van der Waals surface area (Å²) in [5, 5.41) is 68.1. The maximum Gasteiger partial charge on any atom is 0.343 e. The van der Waals surface area contributed by atoms with Crippen LogP contribution in [0.25, 0.3) is 5.76 Å². The second-order valence-electron chi connectivity index (χ2n) is 6.93. The van der Waals surface area contributed by atoms with Gasteiger partial charge in [-0.15, -0.1) is 0 Å². The molecule has 0 aliphatic carbocycles. The molecule has 10 heteroatoms. The molecular weight excluding hydrogens is 424 g/mol. The van der Waals surface area contributed by atoms with Crippen molar-refractivity contribution in [3.8, 4) is 46.0 Å². The molecule has 1 aliphatic heterocycles. The third-order valence-corrected chi connectivity index (χ3v) is 4.73. The topological polar surface area (TPSA) is 177 Å². The highest BCUT2D eigenvalue weighted by Crippen LogP contribution is 2.43. The summed E-state index contributed by atoms with van der Waals surface area (Å²) >= 11 is 0. The van der Waals surface area contributed by atoms with E-state index < -0.39 is 34.7 Å². The minimum atomic E-state index is -1.03. The Morgan fingerprint density at radius 2 is 1.47 bits per heavy atom. The SMILES string of the molecule is O=C(OC1=C(c2ccc(O)c(O)c2)Oc2cc(O)cc(O)c2C1)c1cc(O)c(O)c(O)c1. The zero-order chi connectivity index (χ0) is 23.2. The first-order valence-electron chi connectivity index (χ1n) is 9.09. The molecule has 0 atom stereocenters. The van der Waals surface area contributed by atoms with E-state index in [1.54, 1.807) is 0 Å². The molecule has 0 aromatic heterocycles. The molecule has 1 heterocycles. The van der Waals surface area contributed by atoms with E-state index in [2.05, 4.69) is 0 Å². The van der Waals surface area contributed by atoms with Gasteiger partial charge in [0.2, 0.25) is 0 Å². The van der Waals surface area contributed by atoms with Crippen molar-refractivity contribution in [1.29, 1.82) is 0 Å². The second-order valence-corrected chi connectivity index (χ2v) is 6.93. The summed E-state index contributed by atoms with van der Waals surface area (Å²) in [7, 11) is 0. The molecule has 0 spiro atoms. The van der Waals surface area contributed by atoms with Gasteiger partial charge in [0.05, 0.1) is 5.56 Å². The highest BCUT2D eigenvalue weighted by atomic mass is 16.6. The van der Waals surface area contributed by atoms with Crippen LogP contribution in [0.5, 0.6) is 46.0 Å². The van der Waals surface area contributed by atoms with Crippen molar-refractivity contribution < 1.29 is 50.0 Å². The van der Waals surface area contributed by atoms with Crippen LogP contribution in [0.1, 0.15) is 21.5 Å².